The SMILES string of the molecule is CC1O[Si]2(CCCI)OC(C)C1O2. The number of halogens is 1. The first-order valence-electron chi connectivity index (χ1n) is 4.76. The van der Waals surface area contributed by atoms with E-state index in [1.54, 1.807) is 0 Å². The fraction of sp³-hybridized carbons (Fsp3) is 1.00. The van der Waals surface area contributed by atoms with Gasteiger partial charge in [0.2, 0.25) is 0 Å². The van der Waals surface area contributed by atoms with Crippen molar-refractivity contribution in [2.45, 2.75) is 44.6 Å². The molecule has 0 aromatic heterocycles. The molecular formula is C8H15IO3Si. The van der Waals surface area contributed by atoms with E-state index < -0.39 is 8.80 Å². The van der Waals surface area contributed by atoms with Crippen LogP contribution in [0.2, 0.25) is 6.04 Å². The Morgan fingerprint density at radius 3 is 2.23 bits per heavy atom. The van der Waals surface area contributed by atoms with Gasteiger partial charge in [0, 0.05) is 6.04 Å². The van der Waals surface area contributed by atoms with E-state index in [1.807, 2.05) is 0 Å². The van der Waals surface area contributed by atoms with Crippen molar-refractivity contribution in [2.75, 3.05) is 4.43 Å². The third-order valence-corrected chi connectivity index (χ3v) is 6.41. The zero-order valence-electron chi connectivity index (χ0n) is 7.96. The summed E-state index contributed by atoms with van der Waals surface area (Å²) in [6, 6.07) is 0.987. The first-order valence-corrected chi connectivity index (χ1v) is 8.22. The molecule has 2 unspecified atom stereocenters. The van der Waals surface area contributed by atoms with E-state index in [-0.39, 0.29) is 18.3 Å². The van der Waals surface area contributed by atoms with Gasteiger partial charge in [0.05, 0.1) is 18.3 Å². The van der Waals surface area contributed by atoms with Gasteiger partial charge < -0.3 is 13.3 Å². The third-order valence-electron chi connectivity index (χ3n) is 2.59. The highest BCUT2D eigenvalue weighted by molar-refractivity contribution is 14.1. The zero-order chi connectivity index (χ0) is 9.47. The maximum absolute atomic E-state index is 5.88. The highest BCUT2D eigenvalue weighted by atomic mass is 127. The molecule has 2 rings (SSSR count). The maximum atomic E-state index is 5.88. The van der Waals surface area contributed by atoms with Crippen LogP contribution >= 0.6 is 22.6 Å². The van der Waals surface area contributed by atoms with Crippen molar-refractivity contribution in [2.24, 2.45) is 0 Å². The molecular weight excluding hydrogens is 299 g/mol. The van der Waals surface area contributed by atoms with Crippen LogP contribution in [0.5, 0.6) is 0 Å². The van der Waals surface area contributed by atoms with Crippen LogP contribution in [0, 0.1) is 0 Å². The summed E-state index contributed by atoms with van der Waals surface area (Å²) >= 11 is 2.38. The van der Waals surface area contributed by atoms with Crippen LogP contribution in [0.15, 0.2) is 0 Å². The molecule has 0 aliphatic carbocycles. The van der Waals surface area contributed by atoms with Crippen molar-refractivity contribution in [1.29, 1.82) is 0 Å². The van der Waals surface area contributed by atoms with Crippen molar-refractivity contribution in [1.82, 2.24) is 0 Å². The molecule has 0 amide bonds. The van der Waals surface area contributed by atoms with Crippen molar-refractivity contribution in [3.8, 4) is 0 Å². The Bertz CT molecular complexity index is 190. The van der Waals surface area contributed by atoms with Gasteiger partial charge in [-0.2, -0.15) is 0 Å². The lowest BCUT2D eigenvalue weighted by atomic mass is 10.1. The molecule has 2 aliphatic rings. The number of alkyl halides is 1. The predicted molar refractivity (Wildman–Crippen MR) is 60.0 cm³/mol. The van der Waals surface area contributed by atoms with Crippen molar-refractivity contribution in [3.05, 3.63) is 0 Å². The molecule has 0 radical (unpaired) electrons. The van der Waals surface area contributed by atoms with Crippen LogP contribution in [-0.2, 0) is 13.3 Å². The van der Waals surface area contributed by atoms with Gasteiger partial charge in [0.1, 0.15) is 0 Å². The third kappa shape index (κ3) is 1.81. The minimum atomic E-state index is -2.18. The lowest BCUT2D eigenvalue weighted by molar-refractivity contribution is 0.0407. The number of fused-ring (bicyclic) bond motifs is 2. The summed E-state index contributed by atoms with van der Waals surface area (Å²) in [4.78, 5) is 0. The van der Waals surface area contributed by atoms with Crippen molar-refractivity contribution in [3.63, 3.8) is 0 Å². The molecule has 13 heavy (non-hydrogen) atoms. The average Bonchev–Trinajstić information content (AvgIpc) is 2.55. The smallest absolute Gasteiger partial charge is 0.368 e. The Labute approximate surface area is 93.6 Å². The summed E-state index contributed by atoms with van der Waals surface area (Å²) in [6.45, 7) is 4.17. The minimum Gasteiger partial charge on any atom is -0.368 e. The molecule has 2 heterocycles. The number of hydrogen-bond acceptors (Lipinski definition) is 3. The Morgan fingerprint density at radius 1 is 1.15 bits per heavy atom. The van der Waals surface area contributed by atoms with Crippen LogP contribution in [0.4, 0.5) is 0 Å². The number of hydrogen-bond donors (Lipinski definition) is 0. The Balaban J connectivity index is 2.00. The fourth-order valence-corrected chi connectivity index (χ4v) is 6.45. The fourth-order valence-electron chi connectivity index (χ4n) is 2.02. The summed E-state index contributed by atoms with van der Waals surface area (Å²) in [6.07, 6.45) is 1.81. The van der Waals surface area contributed by atoms with Crippen LogP contribution < -0.4 is 0 Å². The Kier molecular flexibility index (Phi) is 3.00. The van der Waals surface area contributed by atoms with Gasteiger partial charge >= 0.3 is 8.80 Å². The molecule has 2 atom stereocenters. The molecule has 2 saturated heterocycles. The van der Waals surface area contributed by atoms with Crippen LogP contribution in [0.3, 0.4) is 0 Å². The van der Waals surface area contributed by atoms with Crippen LogP contribution in [0.25, 0.3) is 0 Å². The van der Waals surface area contributed by atoms with E-state index in [2.05, 4.69) is 36.4 Å². The lowest BCUT2D eigenvalue weighted by Gasteiger charge is -2.26. The Hall–Kier alpha value is 0.827. The molecule has 76 valence electrons. The standard InChI is InChI=1S/C8H15IO3Si/c1-6-8-7(2)11-13(10-6,12-8)5-3-4-9/h6-8H,3-5H2,1-2H3. The van der Waals surface area contributed by atoms with Crippen LogP contribution in [0.1, 0.15) is 20.3 Å². The van der Waals surface area contributed by atoms with Gasteiger partial charge in [-0.05, 0) is 24.7 Å². The summed E-state index contributed by atoms with van der Waals surface area (Å²) in [5.74, 6) is 0. The van der Waals surface area contributed by atoms with E-state index in [1.165, 1.54) is 0 Å². The van der Waals surface area contributed by atoms with Gasteiger partial charge in [0.25, 0.3) is 0 Å². The van der Waals surface area contributed by atoms with Gasteiger partial charge in [-0.15, -0.1) is 0 Å². The van der Waals surface area contributed by atoms with Gasteiger partial charge in [-0.3, -0.25) is 0 Å². The summed E-state index contributed by atoms with van der Waals surface area (Å²) in [7, 11) is -2.18. The first-order chi connectivity index (χ1) is 6.17. The number of rotatable bonds is 3. The quantitative estimate of drug-likeness (QED) is 0.453. The second kappa shape index (κ2) is 3.77. The van der Waals surface area contributed by atoms with Gasteiger partial charge in [-0.25, -0.2) is 0 Å². The largest absolute Gasteiger partial charge is 0.502 e. The molecule has 0 saturated carbocycles. The molecule has 0 aromatic rings. The molecule has 0 N–H and O–H groups in total. The molecule has 0 spiro atoms. The van der Waals surface area contributed by atoms with Crippen molar-refractivity contribution < 1.29 is 13.3 Å². The van der Waals surface area contributed by atoms with E-state index in [0.717, 1.165) is 16.9 Å². The topological polar surface area (TPSA) is 27.7 Å². The molecule has 2 fully saturated rings. The first kappa shape index (κ1) is 10.3. The molecule has 3 nitrogen and oxygen atoms in total. The lowest BCUT2D eigenvalue weighted by Crippen LogP contribution is -2.43. The summed E-state index contributed by atoms with van der Waals surface area (Å²) < 4.78 is 18.6. The molecule has 5 heteroatoms. The maximum Gasteiger partial charge on any atom is 0.502 e. The van der Waals surface area contributed by atoms with E-state index in [9.17, 15) is 0 Å². The highest BCUT2D eigenvalue weighted by Gasteiger charge is 2.60. The predicted octanol–water partition coefficient (Wildman–Crippen LogP) is 1.97. The molecule has 2 aliphatic heterocycles. The second-order valence-corrected chi connectivity index (χ2v) is 7.36. The zero-order valence-corrected chi connectivity index (χ0v) is 11.1. The molecule has 2 bridgehead atoms. The molecule has 0 aromatic carbocycles. The van der Waals surface area contributed by atoms with Crippen molar-refractivity contribution >= 4 is 31.4 Å². The van der Waals surface area contributed by atoms with E-state index >= 15 is 0 Å². The monoisotopic (exact) mass is 314 g/mol. The van der Waals surface area contributed by atoms with E-state index in [0.29, 0.717) is 0 Å². The summed E-state index contributed by atoms with van der Waals surface area (Å²) in [5.41, 5.74) is 0. The average molecular weight is 314 g/mol. The normalized spacial score (nSPS) is 48.7. The van der Waals surface area contributed by atoms with E-state index in [4.69, 9.17) is 13.3 Å². The summed E-state index contributed by atoms with van der Waals surface area (Å²) in [5, 5.41) is 0. The van der Waals surface area contributed by atoms with Crippen LogP contribution in [-0.4, -0.2) is 31.5 Å². The van der Waals surface area contributed by atoms with Gasteiger partial charge in [0.15, 0.2) is 0 Å². The Morgan fingerprint density at radius 2 is 1.77 bits per heavy atom. The second-order valence-electron chi connectivity index (χ2n) is 3.70. The van der Waals surface area contributed by atoms with Gasteiger partial charge in [-0.1, -0.05) is 22.6 Å². The minimum absolute atomic E-state index is 0.195. The highest BCUT2D eigenvalue weighted by Crippen LogP contribution is 2.40.